The lowest BCUT2D eigenvalue weighted by Crippen LogP contribution is -2.38. The third-order valence-corrected chi connectivity index (χ3v) is 5.65. The van der Waals surface area contributed by atoms with Crippen molar-refractivity contribution in [2.75, 3.05) is 36.5 Å². The molecule has 1 aromatic carbocycles. The number of nitrogens with zero attached hydrogens (tertiary/aromatic N) is 3. The number of hydrogen-bond donors (Lipinski definition) is 1. The molecule has 1 aromatic heterocycles. The van der Waals surface area contributed by atoms with Crippen LogP contribution in [0, 0.1) is 12.8 Å². The number of morpholine rings is 1. The van der Waals surface area contributed by atoms with Crippen LogP contribution in [0.2, 0.25) is 5.02 Å². The van der Waals surface area contributed by atoms with Gasteiger partial charge in [0, 0.05) is 41.6 Å². The summed E-state index contributed by atoms with van der Waals surface area (Å²) in [6.07, 6.45) is 4.14. The predicted octanol–water partition coefficient (Wildman–Crippen LogP) is 3.02. The fraction of sp³-hybridized carbons (Fsp3) is 0.450. The number of rotatable bonds is 3. The van der Waals surface area contributed by atoms with Gasteiger partial charge in [-0.15, -0.1) is 0 Å². The zero-order valence-corrected chi connectivity index (χ0v) is 16.1. The van der Waals surface area contributed by atoms with E-state index in [0.29, 0.717) is 24.7 Å². The van der Waals surface area contributed by atoms with Crippen molar-refractivity contribution in [3.63, 3.8) is 0 Å². The minimum Gasteiger partial charge on any atom is -0.378 e. The largest absolute Gasteiger partial charge is 0.378 e. The normalized spacial score (nSPS) is 19.5. The van der Waals surface area contributed by atoms with Crippen LogP contribution >= 0.6 is 11.6 Å². The van der Waals surface area contributed by atoms with Crippen LogP contribution in [0.5, 0.6) is 0 Å². The highest BCUT2D eigenvalue weighted by Crippen LogP contribution is 2.27. The monoisotopic (exact) mass is 386 g/mol. The maximum atomic E-state index is 12.7. The van der Waals surface area contributed by atoms with E-state index in [4.69, 9.17) is 21.3 Å². The number of halogens is 1. The van der Waals surface area contributed by atoms with E-state index in [1.165, 1.54) is 0 Å². The Morgan fingerprint density at radius 3 is 2.93 bits per heavy atom. The number of amides is 1. The highest BCUT2D eigenvalue weighted by Gasteiger charge is 2.27. The van der Waals surface area contributed by atoms with Crippen molar-refractivity contribution >= 4 is 29.1 Å². The van der Waals surface area contributed by atoms with Gasteiger partial charge in [0.2, 0.25) is 11.9 Å². The number of carbonyl (C=O) groups excluding carboxylic acids is 1. The van der Waals surface area contributed by atoms with Crippen LogP contribution in [-0.4, -0.2) is 42.2 Å². The Balaban J connectivity index is 1.43. The summed E-state index contributed by atoms with van der Waals surface area (Å²) in [6, 6.07) is 5.59. The molecule has 1 fully saturated rings. The lowest BCUT2D eigenvalue weighted by atomic mass is 9.86. The van der Waals surface area contributed by atoms with Crippen molar-refractivity contribution in [1.29, 1.82) is 0 Å². The van der Waals surface area contributed by atoms with Crippen LogP contribution in [0.3, 0.4) is 0 Å². The molecule has 1 amide bonds. The summed E-state index contributed by atoms with van der Waals surface area (Å²) in [7, 11) is 0. The first-order chi connectivity index (χ1) is 13.1. The summed E-state index contributed by atoms with van der Waals surface area (Å²) in [5.41, 5.74) is 3.86. The second-order valence-corrected chi connectivity index (χ2v) is 7.54. The topological polar surface area (TPSA) is 67.4 Å². The van der Waals surface area contributed by atoms with E-state index in [-0.39, 0.29) is 11.8 Å². The maximum Gasteiger partial charge on any atom is 0.227 e. The molecule has 1 N–H and O–H groups in total. The molecule has 0 radical (unpaired) electrons. The average molecular weight is 387 g/mol. The molecule has 4 rings (SSSR count). The molecule has 6 nitrogen and oxygen atoms in total. The molecule has 1 aliphatic heterocycles. The summed E-state index contributed by atoms with van der Waals surface area (Å²) in [5, 5.41) is 3.65. The molecule has 2 aromatic rings. The van der Waals surface area contributed by atoms with Gasteiger partial charge in [0.15, 0.2) is 0 Å². The van der Waals surface area contributed by atoms with Gasteiger partial charge < -0.3 is 15.0 Å². The van der Waals surface area contributed by atoms with Crippen LogP contribution in [0.1, 0.15) is 23.2 Å². The standard InChI is InChI=1S/C20H23ClN4O2/c1-13-2-4-16(11-17(13)21)23-19(26)14-3-5-18-15(10-14)12-22-20(24-18)25-6-8-27-9-7-25/h2,4,11-12,14H,3,5-10H2,1H3,(H,23,26)/t14-/m1/s1. The molecule has 1 aliphatic carbocycles. The summed E-state index contributed by atoms with van der Waals surface area (Å²) in [5.74, 6) is 0.725. The van der Waals surface area contributed by atoms with Gasteiger partial charge in [-0.05, 0) is 49.4 Å². The molecule has 27 heavy (non-hydrogen) atoms. The van der Waals surface area contributed by atoms with E-state index in [1.54, 1.807) is 6.07 Å². The highest BCUT2D eigenvalue weighted by atomic mass is 35.5. The van der Waals surface area contributed by atoms with Gasteiger partial charge in [0.05, 0.1) is 13.2 Å². The third kappa shape index (κ3) is 4.06. The van der Waals surface area contributed by atoms with Gasteiger partial charge in [0.25, 0.3) is 0 Å². The molecule has 2 heterocycles. The Kier molecular flexibility index (Phi) is 5.27. The Morgan fingerprint density at radius 1 is 1.33 bits per heavy atom. The predicted molar refractivity (Wildman–Crippen MR) is 105 cm³/mol. The number of anilines is 2. The number of benzene rings is 1. The second-order valence-electron chi connectivity index (χ2n) is 7.13. The molecule has 1 atom stereocenters. The molecule has 1 saturated heterocycles. The van der Waals surface area contributed by atoms with Crippen LogP contribution < -0.4 is 10.2 Å². The number of aromatic nitrogens is 2. The van der Waals surface area contributed by atoms with E-state index in [1.807, 2.05) is 25.3 Å². The van der Waals surface area contributed by atoms with Crippen molar-refractivity contribution < 1.29 is 9.53 Å². The Bertz CT molecular complexity index is 852. The van der Waals surface area contributed by atoms with Crippen LogP contribution in [0.4, 0.5) is 11.6 Å². The second kappa shape index (κ2) is 7.82. The summed E-state index contributed by atoms with van der Waals surface area (Å²) >= 11 is 6.15. The zero-order chi connectivity index (χ0) is 18.8. The van der Waals surface area contributed by atoms with Gasteiger partial charge in [-0.25, -0.2) is 9.97 Å². The molecule has 142 valence electrons. The SMILES string of the molecule is Cc1ccc(NC(=O)[C@@H]2CCc3nc(N4CCOCC4)ncc3C2)cc1Cl. The minimum absolute atomic E-state index is 0.0258. The first-order valence-corrected chi connectivity index (χ1v) is 9.72. The molecule has 2 aliphatic rings. The van der Waals surface area contributed by atoms with Crippen molar-refractivity contribution in [2.45, 2.75) is 26.2 Å². The van der Waals surface area contributed by atoms with Gasteiger partial charge in [0.1, 0.15) is 0 Å². The average Bonchev–Trinajstić information content (AvgIpc) is 2.70. The summed E-state index contributed by atoms with van der Waals surface area (Å²) in [4.78, 5) is 24.1. The molecular formula is C20H23ClN4O2. The molecule has 0 spiro atoms. The summed E-state index contributed by atoms with van der Waals surface area (Å²) < 4.78 is 5.39. The first kappa shape index (κ1) is 18.2. The number of hydrogen-bond acceptors (Lipinski definition) is 5. The fourth-order valence-corrected chi connectivity index (χ4v) is 3.73. The van der Waals surface area contributed by atoms with E-state index < -0.39 is 0 Å². The van der Waals surface area contributed by atoms with E-state index in [2.05, 4.69) is 15.2 Å². The number of ether oxygens (including phenoxy) is 1. The lowest BCUT2D eigenvalue weighted by molar-refractivity contribution is -0.120. The van der Waals surface area contributed by atoms with Crippen LogP contribution in [0.15, 0.2) is 24.4 Å². The quantitative estimate of drug-likeness (QED) is 0.878. The van der Waals surface area contributed by atoms with Crippen molar-refractivity contribution in [3.8, 4) is 0 Å². The number of fused-ring (bicyclic) bond motifs is 1. The van der Waals surface area contributed by atoms with Gasteiger partial charge >= 0.3 is 0 Å². The van der Waals surface area contributed by atoms with Gasteiger partial charge in [-0.1, -0.05) is 17.7 Å². The Labute approximate surface area is 163 Å². The van der Waals surface area contributed by atoms with Gasteiger partial charge in [-0.3, -0.25) is 4.79 Å². The van der Waals surface area contributed by atoms with E-state index in [0.717, 1.165) is 54.4 Å². The molecule has 7 heteroatoms. The fourth-order valence-electron chi connectivity index (χ4n) is 3.55. The lowest BCUT2D eigenvalue weighted by Gasteiger charge is -2.28. The Morgan fingerprint density at radius 2 is 2.15 bits per heavy atom. The molecule has 0 unspecified atom stereocenters. The number of aryl methyl sites for hydroxylation is 2. The molecular weight excluding hydrogens is 364 g/mol. The van der Waals surface area contributed by atoms with Crippen molar-refractivity contribution in [1.82, 2.24) is 9.97 Å². The van der Waals surface area contributed by atoms with Crippen LogP contribution in [-0.2, 0) is 22.4 Å². The minimum atomic E-state index is -0.0737. The summed E-state index contributed by atoms with van der Waals surface area (Å²) in [6.45, 7) is 5.01. The first-order valence-electron chi connectivity index (χ1n) is 9.34. The Hall–Kier alpha value is -2.18. The van der Waals surface area contributed by atoms with Gasteiger partial charge in [-0.2, -0.15) is 0 Å². The van der Waals surface area contributed by atoms with Crippen LogP contribution in [0.25, 0.3) is 0 Å². The van der Waals surface area contributed by atoms with E-state index >= 15 is 0 Å². The number of nitrogens with one attached hydrogen (secondary N) is 1. The zero-order valence-electron chi connectivity index (χ0n) is 15.4. The molecule has 0 bridgehead atoms. The van der Waals surface area contributed by atoms with Crippen molar-refractivity contribution in [3.05, 3.63) is 46.2 Å². The van der Waals surface area contributed by atoms with E-state index in [9.17, 15) is 4.79 Å². The smallest absolute Gasteiger partial charge is 0.227 e. The third-order valence-electron chi connectivity index (χ3n) is 5.24. The van der Waals surface area contributed by atoms with Crippen molar-refractivity contribution in [2.24, 2.45) is 5.92 Å². The maximum absolute atomic E-state index is 12.7. The molecule has 0 saturated carbocycles. The number of carbonyl (C=O) groups is 1. The highest BCUT2D eigenvalue weighted by molar-refractivity contribution is 6.31.